The first-order valence-corrected chi connectivity index (χ1v) is 15.0. The lowest BCUT2D eigenvalue weighted by Crippen LogP contribution is -2.34. The third kappa shape index (κ3) is 5.90. The monoisotopic (exact) mass is 557 g/mol. The Bertz CT molecular complexity index is 1420. The standard InChI is InChI=1S/C34H39NO6/c1-2-3-4-5-6-7-8-9-10-11-12-17-31(38)35-28-20-24(37)22-30-32(28)34(27-19-18-23(36)21-29(27)40-30)26-16-14-13-15-25(26)33(39)41-34/h13-16,18-22,36-37H,2-12,17H2,1H3,(H,35,38). The molecule has 2 heterocycles. The number of fused-ring (bicyclic) bond motifs is 6. The molecule has 0 saturated carbocycles. The number of esters is 1. The van der Waals surface area contributed by atoms with Crippen LogP contribution in [0.1, 0.15) is 111 Å². The second kappa shape index (κ2) is 12.7. The number of hydrogen-bond acceptors (Lipinski definition) is 6. The van der Waals surface area contributed by atoms with Gasteiger partial charge in [0.05, 0.1) is 16.8 Å². The Morgan fingerprint density at radius 1 is 0.780 bits per heavy atom. The van der Waals surface area contributed by atoms with E-state index in [0.717, 1.165) is 19.3 Å². The number of anilines is 1. The van der Waals surface area contributed by atoms with Crippen LogP contribution in [0.25, 0.3) is 0 Å². The lowest BCUT2D eigenvalue weighted by molar-refractivity contribution is -0.116. The molecule has 216 valence electrons. The molecule has 1 atom stereocenters. The van der Waals surface area contributed by atoms with Gasteiger partial charge in [0, 0.05) is 35.7 Å². The van der Waals surface area contributed by atoms with Gasteiger partial charge in [-0.25, -0.2) is 4.79 Å². The van der Waals surface area contributed by atoms with Crippen molar-refractivity contribution in [2.24, 2.45) is 0 Å². The van der Waals surface area contributed by atoms with E-state index in [-0.39, 0.29) is 23.2 Å². The summed E-state index contributed by atoms with van der Waals surface area (Å²) in [6.45, 7) is 2.24. The van der Waals surface area contributed by atoms with Gasteiger partial charge in [0.2, 0.25) is 5.91 Å². The molecule has 3 aromatic rings. The Hall–Kier alpha value is -4.00. The molecule has 3 N–H and O–H groups in total. The Morgan fingerprint density at radius 2 is 1.44 bits per heavy atom. The highest BCUT2D eigenvalue weighted by Crippen LogP contribution is 2.59. The van der Waals surface area contributed by atoms with Gasteiger partial charge < -0.3 is 25.0 Å². The number of aromatic hydroxyl groups is 2. The molecule has 1 unspecified atom stereocenters. The van der Waals surface area contributed by atoms with Gasteiger partial charge in [-0.15, -0.1) is 0 Å². The minimum Gasteiger partial charge on any atom is -0.508 e. The van der Waals surface area contributed by atoms with E-state index in [1.54, 1.807) is 18.2 Å². The van der Waals surface area contributed by atoms with E-state index >= 15 is 0 Å². The summed E-state index contributed by atoms with van der Waals surface area (Å²) in [6, 6.07) is 14.6. The van der Waals surface area contributed by atoms with E-state index in [0.29, 0.717) is 40.1 Å². The highest BCUT2D eigenvalue weighted by molar-refractivity contribution is 5.99. The van der Waals surface area contributed by atoms with Crippen LogP contribution < -0.4 is 10.1 Å². The smallest absolute Gasteiger partial charge is 0.340 e. The minimum absolute atomic E-state index is 0.0133. The molecule has 0 radical (unpaired) electrons. The van der Waals surface area contributed by atoms with E-state index in [1.165, 1.54) is 75.6 Å². The van der Waals surface area contributed by atoms with Crippen LogP contribution in [-0.4, -0.2) is 22.1 Å². The van der Waals surface area contributed by atoms with Crippen LogP contribution in [0.15, 0.2) is 54.6 Å². The van der Waals surface area contributed by atoms with Gasteiger partial charge in [-0.1, -0.05) is 89.3 Å². The first kappa shape index (κ1) is 28.5. The molecule has 41 heavy (non-hydrogen) atoms. The van der Waals surface area contributed by atoms with Gasteiger partial charge in [-0.3, -0.25) is 4.79 Å². The van der Waals surface area contributed by atoms with E-state index in [9.17, 15) is 19.8 Å². The fourth-order valence-corrected chi connectivity index (χ4v) is 6.05. The maximum absolute atomic E-state index is 13.1. The minimum atomic E-state index is -1.42. The van der Waals surface area contributed by atoms with E-state index in [2.05, 4.69) is 12.2 Å². The molecule has 0 fully saturated rings. The summed E-state index contributed by atoms with van der Waals surface area (Å²) in [4.78, 5) is 26.2. The Balaban J connectivity index is 1.31. The zero-order valence-corrected chi connectivity index (χ0v) is 23.7. The van der Waals surface area contributed by atoms with Gasteiger partial charge in [0.15, 0.2) is 5.60 Å². The maximum atomic E-state index is 13.1. The van der Waals surface area contributed by atoms with E-state index in [1.807, 2.05) is 12.1 Å². The SMILES string of the molecule is CCCCCCCCCCCCCC(=O)Nc1cc(O)cc2c1C1(OC(=O)c3ccccc31)c1ccc(O)cc1O2. The summed E-state index contributed by atoms with van der Waals surface area (Å²) in [7, 11) is 0. The van der Waals surface area contributed by atoms with Crippen molar-refractivity contribution in [3.63, 3.8) is 0 Å². The molecular weight excluding hydrogens is 518 g/mol. The number of ether oxygens (including phenoxy) is 2. The topological polar surface area (TPSA) is 105 Å². The van der Waals surface area contributed by atoms with Crippen molar-refractivity contribution >= 4 is 17.6 Å². The van der Waals surface area contributed by atoms with Crippen LogP contribution in [-0.2, 0) is 15.1 Å². The van der Waals surface area contributed by atoms with Crippen molar-refractivity contribution in [3.05, 3.63) is 76.9 Å². The first-order valence-electron chi connectivity index (χ1n) is 15.0. The molecule has 1 amide bonds. The average Bonchev–Trinajstić information content (AvgIpc) is 3.23. The largest absolute Gasteiger partial charge is 0.508 e. The molecule has 2 aliphatic rings. The van der Waals surface area contributed by atoms with Crippen LogP contribution in [0.5, 0.6) is 23.0 Å². The number of carbonyl (C=O) groups excluding carboxylic acids is 2. The summed E-state index contributed by atoms with van der Waals surface area (Å²) in [6.07, 6.45) is 13.5. The fourth-order valence-electron chi connectivity index (χ4n) is 6.05. The van der Waals surface area contributed by atoms with Crippen LogP contribution in [0.2, 0.25) is 0 Å². The summed E-state index contributed by atoms with van der Waals surface area (Å²) >= 11 is 0. The number of carbonyl (C=O) groups is 2. The summed E-state index contributed by atoms with van der Waals surface area (Å²) in [5.74, 6) is -0.272. The zero-order chi connectivity index (χ0) is 28.8. The van der Waals surface area contributed by atoms with Gasteiger partial charge in [0.25, 0.3) is 0 Å². The van der Waals surface area contributed by atoms with E-state index in [4.69, 9.17) is 9.47 Å². The summed E-state index contributed by atoms with van der Waals surface area (Å²) in [5, 5.41) is 23.7. The molecule has 0 bridgehead atoms. The molecule has 5 rings (SSSR count). The average molecular weight is 558 g/mol. The number of unbranched alkanes of at least 4 members (excludes halogenated alkanes) is 10. The molecule has 0 aliphatic carbocycles. The van der Waals surface area contributed by atoms with Crippen molar-refractivity contribution in [1.82, 2.24) is 0 Å². The molecule has 3 aromatic carbocycles. The number of benzene rings is 3. The molecular formula is C34H39NO6. The van der Waals surface area contributed by atoms with Crippen LogP contribution >= 0.6 is 0 Å². The maximum Gasteiger partial charge on any atom is 0.340 e. The lowest BCUT2D eigenvalue weighted by atomic mass is 9.77. The summed E-state index contributed by atoms with van der Waals surface area (Å²) < 4.78 is 12.3. The van der Waals surface area contributed by atoms with Crippen LogP contribution in [0.3, 0.4) is 0 Å². The Kier molecular flexibility index (Phi) is 8.81. The molecule has 1 spiro atoms. The number of nitrogens with one attached hydrogen (secondary N) is 1. The zero-order valence-electron chi connectivity index (χ0n) is 23.7. The third-order valence-electron chi connectivity index (χ3n) is 8.06. The Labute approximate surface area is 241 Å². The van der Waals surface area contributed by atoms with Gasteiger partial charge in [0.1, 0.15) is 23.0 Å². The highest BCUT2D eigenvalue weighted by atomic mass is 16.6. The molecule has 7 nitrogen and oxygen atoms in total. The molecule has 7 heteroatoms. The van der Waals surface area contributed by atoms with Gasteiger partial charge >= 0.3 is 5.97 Å². The second-order valence-corrected chi connectivity index (χ2v) is 11.1. The van der Waals surface area contributed by atoms with Crippen LogP contribution in [0, 0.1) is 0 Å². The fraction of sp³-hybridized carbons (Fsp3) is 0.412. The quantitative estimate of drug-likeness (QED) is 0.144. The third-order valence-corrected chi connectivity index (χ3v) is 8.06. The number of hydrogen-bond donors (Lipinski definition) is 3. The van der Waals surface area contributed by atoms with Crippen molar-refractivity contribution in [1.29, 1.82) is 0 Å². The van der Waals surface area contributed by atoms with Crippen molar-refractivity contribution < 1.29 is 29.3 Å². The number of phenolic OH excluding ortho intramolecular Hbond substituents is 2. The van der Waals surface area contributed by atoms with Crippen molar-refractivity contribution in [2.75, 3.05) is 5.32 Å². The number of rotatable bonds is 13. The second-order valence-electron chi connectivity index (χ2n) is 11.1. The highest BCUT2D eigenvalue weighted by Gasteiger charge is 2.55. The number of phenols is 2. The predicted octanol–water partition coefficient (Wildman–Crippen LogP) is 8.31. The number of amides is 1. The van der Waals surface area contributed by atoms with Crippen molar-refractivity contribution in [2.45, 2.75) is 89.6 Å². The molecule has 0 aromatic heterocycles. The Morgan fingerprint density at radius 3 is 2.17 bits per heavy atom. The first-order chi connectivity index (χ1) is 19.9. The predicted molar refractivity (Wildman–Crippen MR) is 158 cm³/mol. The molecule has 2 aliphatic heterocycles. The van der Waals surface area contributed by atoms with Crippen molar-refractivity contribution in [3.8, 4) is 23.0 Å². The van der Waals surface area contributed by atoms with Crippen LogP contribution in [0.4, 0.5) is 5.69 Å². The normalized spacial score (nSPS) is 16.5. The van der Waals surface area contributed by atoms with Gasteiger partial charge in [-0.2, -0.15) is 0 Å². The summed E-state index contributed by atoms with van der Waals surface area (Å²) in [5.41, 5.74) is 0.860. The molecule has 0 saturated heterocycles. The van der Waals surface area contributed by atoms with Gasteiger partial charge in [-0.05, 0) is 24.6 Å². The van der Waals surface area contributed by atoms with E-state index < -0.39 is 11.6 Å². The lowest BCUT2D eigenvalue weighted by Gasteiger charge is -2.37.